The summed E-state index contributed by atoms with van der Waals surface area (Å²) in [6.07, 6.45) is 0.710. The monoisotopic (exact) mass is 416 g/mol. The average molecular weight is 417 g/mol. The third-order valence-corrected chi connectivity index (χ3v) is 5.10. The van der Waals surface area contributed by atoms with E-state index >= 15 is 0 Å². The van der Waals surface area contributed by atoms with Gasteiger partial charge >= 0.3 is 0 Å². The van der Waals surface area contributed by atoms with Gasteiger partial charge < -0.3 is 15.4 Å². The highest BCUT2D eigenvalue weighted by Crippen LogP contribution is 2.20. The van der Waals surface area contributed by atoms with Crippen molar-refractivity contribution in [3.8, 4) is 5.75 Å². The molecule has 160 valence electrons. The van der Waals surface area contributed by atoms with Gasteiger partial charge in [-0.15, -0.1) is 0 Å². The van der Waals surface area contributed by atoms with Crippen LogP contribution >= 0.6 is 0 Å². The van der Waals surface area contributed by atoms with Gasteiger partial charge in [0.1, 0.15) is 11.8 Å². The van der Waals surface area contributed by atoms with Gasteiger partial charge in [-0.05, 0) is 53.8 Å². The molecule has 0 aliphatic carbocycles. The molecule has 0 spiro atoms. The minimum absolute atomic E-state index is 0.0801. The molecule has 1 atom stereocenters. The number of para-hydroxylation sites is 1. The lowest BCUT2D eigenvalue weighted by molar-refractivity contribution is -0.118. The SMILES string of the molecule is COc1ccc(C(=O)NC(C(=O)Nc2ccccc2Cc2ccccc2)C(C)C)cc1. The van der Waals surface area contributed by atoms with Crippen LogP contribution < -0.4 is 15.4 Å². The highest BCUT2D eigenvalue weighted by atomic mass is 16.5. The summed E-state index contributed by atoms with van der Waals surface area (Å²) < 4.78 is 5.13. The molecular formula is C26H28N2O3. The largest absolute Gasteiger partial charge is 0.497 e. The van der Waals surface area contributed by atoms with Crippen molar-refractivity contribution in [1.82, 2.24) is 5.32 Å². The molecule has 0 saturated heterocycles. The first-order valence-corrected chi connectivity index (χ1v) is 10.4. The van der Waals surface area contributed by atoms with E-state index in [1.807, 2.05) is 56.3 Å². The molecule has 0 aromatic heterocycles. The summed E-state index contributed by atoms with van der Waals surface area (Å²) in [5, 5.41) is 5.88. The van der Waals surface area contributed by atoms with Crippen LogP contribution in [0.2, 0.25) is 0 Å². The summed E-state index contributed by atoms with van der Waals surface area (Å²) in [6.45, 7) is 3.82. The first kappa shape index (κ1) is 22.1. The van der Waals surface area contributed by atoms with Crippen LogP contribution in [-0.2, 0) is 11.2 Å². The molecule has 5 nitrogen and oxygen atoms in total. The lowest BCUT2D eigenvalue weighted by atomic mass is 10.0. The summed E-state index contributed by atoms with van der Waals surface area (Å²) in [6, 6.07) is 24.0. The summed E-state index contributed by atoms with van der Waals surface area (Å²) in [5.74, 6) is 0.0552. The Morgan fingerprint density at radius 2 is 1.52 bits per heavy atom. The molecule has 0 aliphatic rings. The Hall–Kier alpha value is -3.60. The maximum atomic E-state index is 13.1. The van der Waals surface area contributed by atoms with Gasteiger partial charge in [0, 0.05) is 11.3 Å². The fourth-order valence-corrected chi connectivity index (χ4v) is 3.32. The van der Waals surface area contributed by atoms with Gasteiger partial charge in [-0.2, -0.15) is 0 Å². The lowest BCUT2D eigenvalue weighted by Gasteiger charge is -2.22. The van der Waals surface area contributed by atoms with Crippen molar-refractivity contribution in [2.45, 2.75) is 26.3 Å². The summed E-state index contributed by atoms with van der Waals surface area (Å²) in [4.78, 5) is 25.8. The molecule has 3 rings (SSSR count). The topological polar surface area (TPSA) is 67.4 Å². The number of hydrogen-bond donors (Lipinski definition) is 2. The van der Waals surface area contributed by atoms with E-state index in [4.69, 9.17) is 4.74 Å². The van der Waals surface area contributed by atoms with Crippen LogP contribution in [0.1, 0.15) is 35.3 Å². The van der Waals surface area contributed by atoms with Crippen molar-refractivity contribution in [3.05, 3.63) is 95.6 Å². The van der Waals surface area contributed by atoms with Crippen LogP contribution in [0.15, 0.2) is 78.9 Å². The third kappa shape index (κ3) is 5.95. The molecule has 3 aromatic carbocycles. The Bertz CT molecular complexity index is 1010. The molecular weight excluding hydrogens is 388 g/mol. The van der Waals surface area contributed by atoms with Gasteiger partial charge in [0.15, 0.2) is 0 Å². The van der Waals surface area contributed by atoms with E-state index < -0.39 is 6.04 Å². The van der Waals surface area contributed by atoms with Gasteiger partial charge in [0.05, 0.1) is 7.11 Å². The van der Waals surface area contributed by atoms with Gasteiger partial charge in [-0.1, -0.05) is 62.4 Å². The second-order valence-electron chi connectivity index (χ2n) is 7.73. The minimum atomic E-state index is -0.667. The maximum Gasteiger partial charge on any atom is 0.251 e. The predicted molar refractivity (Wildman–Crippen MR) is 123 cm³/mol. The molecule has 31 heavy (non-hydrogen) atoms. The number of rotatable bonds is 8. The highest BCUT2D eigenvalue weighted by molar-refractivity contribution is 6.01. The predicted octanol–water partition coefficient (Wildman–Crippen LogP) is 4.68. The normalized spacial score (nSPS) is 11.6. The van der Waals surface area contributed by atoms with Crippen molar-refractivity contribution in [3.63, 3.8) is 0 Å². The standard InChI is InChI=1S/C26H28N2O3/c1-18(2)24(28-25(29)20-13-15-22(31-3)16-14-20)26(30)27-23-12-8-7-11-21(23)17-19-9-5-4-6-10-19/h4-16,18,24H,17H2,1-3H3,(H,27,30)(H,28,29). The van der Waals surface area contributed by atoms with Gasteiger partial charge in [-0.3, -0.25) is 9.59 Å². The second-order valence-corrected chi connectivity index (χ2v) is 7.73. The first-order valence-electron chi connectivity index (χ1n) is 10.4. The number of carbonyl (C=O) groups excluding carboxylic acids is 2. The van der Waals surface area contributed by atoms with Crippen molar-refractivity contribution in [1.29, 1.82) is 0 Å². The number of anilines is 1. The van der Waals surface area contributed by atoms with Crippen molar-refractivity contribution < 1.29 is 14.3 Å². The van der Waals surface area contributed by atoms with E-state index in [0.717, 1.165) is 16.8 Å². The maximum absolute atomic E-state index is 13.1. The molecule has 5 heteroatoms. The van der Waals surface area contributed by atoms with Crippen LogP contribution in [0, 0.1) is 5.92 Å². The zero-order chi connectivity index (χ0) is 22.2. The molecule has 0 aliphatic heterocycles. The smallest absolute Gasteiger partial charge is 0.251 e. The van der Waals surface area contributed by atoms with Gasteiger partial charge in [0.2, 0.25) is 5.91 Å². The summed E-state index contributed by atoms with van der Waals surface area (Å²) in [5.41, 5.74) is 3.41. The molecule has 0 heterocycles. The van der Waals surface area contributed by atoms with Crippen molar-refractivity contribution >= 4 is 17.5 Å². The van der Waals surface area contributed by atoms with E-state index in [2.05, 4.69) is 22.8 Å². The van der Waals surface area contributed by atoms with E-state index in [9.17, 15) is 9.59 Å². The number of carbonyl (C=O) groups is 2. The zero-order valence-electron chi connectivity index (χ0n) is 18.1. The molecule has 0 fully saturated rings. The third-order valence-electron chi connectivity index (χ3n) is 5.10. The molecule has 0 radical (unpaired) electrons. The summed E-state index contributed by atoms with van der Waals surface area (Å²) in [7, 11) is 1.57. The van der Waals surface area contributed by atoms with Crippen LogP contribution in [0.5, 0.6) is 5.75 Å². The first-order chi connectivity index (χ1) is 15.0. The Morgan fingerprint density at radius 3 is 2.16 bits per heavy atom. The number of hydrogen-bond acceptors (Lipinski definition) is 3. The lowest BCUT2D eigenvalue weighted by Crippen LogP contribution is -2.47. The Kier molecular flexibility index (Phi) is 7.44. The Labute approximate surface area is 183 Å². The molecule has 2 amide bonds. The number of methoxy groups -OCH3 is 1. The fourth-order valence-electron chi connectivity index (χ4n) is 3.32. The van der Waals surface area contributed by atoms with Crippen LogP contribution in [0.3, 0.4) is 0 Å². The fraction of sp³-hybridized carbons (Fsp3) is 0.231. The van der Waals surface area contributed by atoms with E-state index in [0.29, 0.717) is 17.7 Å². The Balaban J connectivity index is 1.73. The van der Waals surface area contributed by atoms with Crippen molar-refractivity contribution in [2.75, 3.05) is 12.4 Å². The van der Waals surface area contributed by atoms with Crippen LogP contribution in [0.4, 0.5) is 5.69 Å². The molecule has 1 unspecified atom stereocenters. The van der Waals surface area contributed by atoms with E-state index in [1.165, 1.54) is 0 Å². The van der Waals surface area contributed by atoms with Crippen LogP contribution in [0.25, 0.3) is 0 Å². The highest BCUT2D eigenvalue weighted by Gasteiger charge is 2.25. The van der Waals surface area contributed by atoms with Gasteiger partial charge in [0.25, 0.3) is 5.91 Å². The molecule has 0 saturated carbocycles. The van der Waals surface area contributed by atoms with Crippen LogP contribution in [-0.4, -0.2) is 25.0 Å². The average Bonchev–Trinajstić information content (AvgIpc) is 2.79. The Morgan fingerprint density at radius 1 is 0.871 bits per heavy atom. The van der Waals surface area contributed by atoms with E-state index in [1.54, 1.807) is 31.4 Å². The molecule has 0 bridgehead atoms. The molecule has 2 N–H and O–H groups in total. The molecule has 3 aromatic rings. The minimum Gasteiger partial charge on any atom is -0.497 e. The van der Waals surface area contributed by atoms with Crippen molar-refractivity contribution in [2.24, 2.45) is 5.92 Å². The number of ether oxygens (including phenoxy) is 1. The number of amides is 2. The zero-order valence-corrected chi connectivity index (χ0v) is 18.1. The second kappa shape index (κ2) is 10.4. The summed E-state index contributed by atoms with van der Waals surface area (Å²) >= 11 is 0. The van der Waals surface area contributed by atoms with Gasteiger partial charge in [-0.25, -0.2) is 0 Å². The van der Waals surface area contributed by atoms with E-state index in [-0.39, 0.29) is 17.7 Å². The number of benzene rings is 3. The quantitative estimate of drug-likeness (QED) is 0.560. The number of nitrogens with one attached hydrogen (secondary N) is 2.